The molecule has 1 aromatic rings. The lowest BCUT2D eigenvalue weighted by atomic mass is 9.98. The Hall–Kier alpha value is -1.35. The molecular formula is C18H29NO2. The first-order chi connectivity index (χ1) is 10.1. The highest BCUT2D eigenvalue weighted by molar-refractivity contribution is 5.70. The van der Waals surface area contributed by atoms with Crippen molar-refractivity contribution in [2.75, 3.05) is 13.2 Å². The number of hydrogen-bond donors (Lipinski definition) is 1. The molecule has 3 heteroatoms. The van der Waals surface area contributed by atoms with E-state index in [-0.39, 0.29) is 12.0 Å². The van der Waals surface area contributed by atoms with Crippen molar-refractivity contribution in [3.63, 3.8) is 0 Å². The zero-order valence-electron chi connectivity index (χ0n) is 13.8. The van der Waals surface area contributed by atoms with Gasteiger partial charge in [-0.1, -0.05) is 45.0 Å². The van der Waals surface area contributed by atoms with Gasteiger partial charge in [0.2, 0.25) is 0 Å². The van der Waals surface area contributed by atoms with Gasteiger partial charge in [-0.3, -0.25) is 4.79 Å². The van der Waals surface area contributed by atoms with Crippen molar-refractivity contribution in [1.29, 1.82) is 0 Å². The predicted octanol–water partition coefficient (Wildman–Crippen LogP) is 3.88. The van der Waals surface area contributed by atoms with Gasteiger partial charge in [0.05, 0.1) is 13.0 Å². The first kappa shape index (κ1) is 17.7. The summed E-state index contributed by atoms with van der Waals surface area (Å²) in [7, 11) is 0. The highest BCUT2D eigenvalue weighted by Gasteiger charge is 2.16. The van der Waals surface area contributed by atoms with Gasteiger partial charge in [-0.05, 0) is 43.4 Å². The fourth-order valence-corrected chi connectivity index (χ4v) is 2.37. The molecule has 0 aromatic heterocycles. The maximum Gasteiger partial charge on any atom is 0.307 e. The molecule has 0 spiro atoms. The highest BCUT2D eigenvalue weighted by atomic mass is 16.5. The van der Waals surface area contributed by atoms with Crippen LogP contribution in [0.15, 0.2) is 24.3 Å². The zero-order chi connectivity index (χ0) is 15.7. The maximum absolute atomic E-state index is 11.7. The van der Waals surface area contributed by atoms with Gasteiger partial charge in [0.1, 0.15) is 0 Å². The molecule has 1 rings (SSSR count). The minimum absolute atomic E-state index is 0.0390. The summed E-state index contributed by atoms with van der Waals surface area (Å²) in [4.78, 5) is 11.7. The molecule has 0 radical (unpaired) electrons. The summed E-state index contributed by atoms with van der Waals surface area (Å²) in [5.41, 5.74) is 2.50. The topological polar surface area (TPSA) is 38.3 Å². The Morgan fingerprint density at radius 3 is 2.38 bits per heavy atom. The van der Waals surface area contributed by atoms with Gasteiger partial charge in [0, 0.05) is 6.04 Å². The number of carbonyl (C=O) groups is 1. The second-order valence-corrected chi connectivity index (χ2v) is 5.86. The van der Waals surface area contributed by atoms with Crippen LogP contribution in [0.5, 0.6) is 0 Å². The predicted molar refractivity (Wildman–Crippen MR) is 87.3 cm³/mol. The lowest BCUT2D eigenvalue weighted by molar-refractivity contribution is -0.143. The molecule has 21 heavy (non-hydrogen) atoms. The van der Waals surface area contributed by atoms with Gasteiger partial charge in [-0.2, -0.15) is 0 Å². The Labute approximate surface area is 129 Å². The van der Waals surface area contributed by atoms with Crippen LogP contribution in [0.2, 0.25) is 0 Å². The van der Waals surface area contributed by atoms with E-state index >= 15 is 0 Å². The minimum atomic E-state index is -0.141. The smallest absolute Gasteiger partial charge is 0.307 e. The lowest BCUT2D eigenvalue weighted by Gasteiger charge is -2.18. The first-order valence-electron chi connectivity index (χ1n) is 8.04. The van der Waals surface area contributed by atoms with Gasteiger partial charge in [-0.25, -0.2) is 0 Å². The van der Waals surface area contributed by atoms with Crippen LogP contribution in [0.25, 0.3) is 0 Å². The minimum Gasteiger partial charge on any atom is -0.466 e. The Bertz CT molecular complexity index is 412. The SMILES string of the molecule is CCCNC(CC(=O)OCC)c1ccc(CC(C)C)cc1. The third kappa shape index (κ3) is 6.76. The van der Waals surface area contributed by atoms with Crippen LogP contribution in [0.4, 0.5) is 0 Å². The van der Waals surface area contributed by atoms with Crippen molar-refractivity contribution >= 4 is 5.97 Å². The van der Waals surface area contributed by atoms with Crippen molar-refractivity contribution in [3.05, 3.63) is 35.4 Å². The fraction of sp³-hybridized carbons (Fsp3) is 0.611. The standard InChI is InChI=1S/C18H29NO2/c1-5-11-19-17(13-18(20)21-6-2)16-9-7-15(8-10-16)12-14(3)4/h7-10,14,17,19H,5-6,11-13H2,1-4H3. The van der Waals surface area contributed by atoms with Gasteiger partial charge >= 0.3 is 5.97 Å². The summed E-state index contributed by atoms with van der Waals surface area (Å²) in [6, 6.07) is 8.63. The summed E-state index contributed by atoms with van der Waals surface area (Å²) in [6.45, 7) is 9.75. The monoisotopic (exact) mass is 291 g/mol. The Balaban J connectivity index is 2.74. The molecule has 0 aliphatic carbocycles. The highest BCUT2D eigenvalue weighted by Crippen LogP contribution is 2.19. The van der Waals surface area contributed by atoms with E-state index in [1.807, 2.05) is 6.92 Å². The second kappa shape index (κ2) is 9.56. The van der Waals surface area contributed by atoms with Crippen LogP contribution in [0.1, 0.15) is 57.7 Å². The molecular weight excluding hydrogens is 262 g/mol. The number of carbonyl (C=O) groups excluding carboxylic acids is 1. The van der Waals surface area contributed by atoms with E-state index in [9.17, 15) is 4.79 Å². The molecule has 0 heterocycles. The fourth-order valence-electron chi connectivity index (χ4n) is 2.37. The first-order valence-corrected chi connectivity index (χ1v) is 8.04. The average molecular weight is 291 g/mol. The van der Waals surface area contributed by atoms with Crippen LogP contribution in [-0.4, -0.2) is 19.1 Å². The molecule has 0 aliphatic heterocycles. The van der Waals surface area contributed by atoms with Crippen LogP contribution >= 0.6 is 0 Å². The number of ether oxygens (including phenoxy) is 1. The molecule has 1 N–H and O–H groups in total. The molecule has 1 atom stereocenters. The molecule has 1 aromatic carbocycles. The third-order valence-corrected chi connectivity index (χ3v) is 3.34. The molecule has 3 nitrogen and oxygen atoms in total. The maximum atomic E-state index is 11.7. The van der Waals surface area contributed by atoms with E-state index in [4.69, 9.17) is 4.74 Å². The molecule has 0 amide bonds. The Morgan fingerprint density at radius 2 is 1.86 bits per heavy atom. The summed E-state index contributed by atoms with van der Waals surface area (Å²) in [6.07, 6.45) is 2.52. The lowest BCUT2D eigenvalue weighted by Crippen LogP contribution is -2.25. The van der Waals surface area contributed by atoms with E-state index in [1.54, 1.807) is 0 Å². The second-order valence-electron chi connectivity index (χ2n) is 5.86. The molecule has 1 unspecified atom stereocenters. The van der Waals surface area contributed by atoms with E-state index in [1.165, 1.54) is 5.56 Å². The third-order valence-electron chi connectivity index (χ3n) is 3.34. The number of benzene rings is 1. The number of nitrogens with one attached hydrogen (secondary N) is 1. The van der Waals surface area contributed by atoms with Crippen molar-refractivity contribution in [2.45, 2.75) is 53.0 Å². The van der Waals surface area contributed by atoms with E-state index in [0.717, 1.165) is 24.9 Å². The summed E-state index contributed by atoms with van der Waals surface area (Å²) >= 11 is 0. The van der Waals surface area contributed by atoms with Crippen molar-refractivity contribution in [3.8, 4) is 0 Å². The van der Waals surface area contributed by atoms with Gasteiger partial charge in [0.15, 0.2) is 0 Å². The normalized spacial score (nSPS) is 12.4. The molecule has 0 saturated carbocycles. The van der Waals surface area contributed by atoms with Crippen molar-refractivity contribution in [2.24, 2.45) is 5.92 Å². The van der Waals surface area contributed by atoms with Gasteiger partial charge < -0.3 is 10.1 Å². The van der Waals surface area contributed by atoms with Gasteiger partial charge in [-0.15, -0.1) is 0 Å². The van der Waals surface area contributed by atoms with Crippen LogP contribution < -0.4 is 5.32 Å². The average Bonchev–Trinajstić information content (AvgIpc) is 2.44. The summed E-state index contributed by atoms with van der Waals surface area (Å²) in [5.74, 6) is 0.516. The molecule has 118 valence electrons. The van der Waals surface area contributed by atoms with Crippen molar-refractivity contribution in [1.82, 2.24) is 5.32 Å². The quantitative estimate of drug-likeness (QED) is 0.702. The van der Waals surface area contributed by atoms with Crippen LogP contribution in [0.3, 0.4) is 0 Å². The molecule has 0 bridgehead atoms. The number of rotatable bonds is 9. The number of esters is 1. The van der Waals surface area contributed by atoms with E-state index in [2.05, 4.69) is 50.4 Å². The number of hydrogen-bond acceptors (Lipinski definition) is 3. The molecule has 0 fully saturated rings. The van der Waals surface area contributed by atoms with Crippen molar-refractivity contribution < 1.29 is 9.53 Å². The van der Waals surface area contributed by atoms with Gasteiger partial charge in [0.25, 0.3) is 0 Å². The Kier molecular flexibility index (Phi) is 8.06. The van der Waals surface area contributed by atoms with E-state index in [0.29, 0.717) is 18.9 Å². The largest absolute Gasteiger partial charge is 0.466 e. The van der Waals surface area contributed by atoms with E-state index < -0.39 is 0 Å². The molecule has 0 aliphatic rings. The summed E-state index contributed by atoms with van der Waals surface area (Å²) in [5, 5.41) is 3.43. The summed E-state index contributed by atoms with van der Waals surface area (Å²) < 4.78 is 5.07. The van der Waals surface area contributed by atoms with Crippen LogP contribution in [0, 0.1) is 5.92 Å². The Morgan fingerprint density at radius 1 is 1.19 bits per heavy atom. The van der Waals surface area contributed by atoms with Crippen LogP contribution in [-0.2, 0) is 16.0 Å². The molecule has 0 saturated heterocycles. The zero-order valence-corrected chi connectivity index (χ0v) is 13.8.